The highest BCUT2D eigenvalue weighted by Gasteiger charge is 2.12. The van der Waals surface area contributed by atoms with E-state index in [9.17, 15) is 18.4 Å². The summed E-state index contributed by atoms with van der Waals surface area (Å²) in [4.78, 5) is 26.4. The monoisotopic (exact) mass is 429 g/mol. The first-order valence-electron chi connectivity index (χ1n) is 10.8. The number of nitrogens with zero attached hydrogens (tertiary/aromatic N) is 1. The van der Waals surface area contributed by atoms with Gasteiger partial charge in [0.25, 0.3) is 5.91 Å². The van der Waals surface area contributed by atoms with Gasteiger partial charge in [-0.3, -0.25) is 14.5 Å². The summed E-state index contributed by atoms with van der Waals surface area (Å²) in [6.07, 6.45) is 4.55. The number of hydrogen-bond donors (Lipinski definition) is 2. The Labute approximate surface area is 181 Å². The molecule has 0 bridgehead atoms. The summed E-state index contributed by atoms with van der Waals surface area (Å²) in [6.45, 7) is 3.98. The van der Waals surface area contributed by atoms with E-state index >= 15 is 0 Å². The summed E-state index contributed by atoms with van der Waals surface area (Å²) in [5, 5.41) is 5.41. The van der Waals surface area contributed by atoms with E-state index in [4.69, 9.17) is 0 Å². The van der Waals surface area contributed by atoms with E-state index in [2.05, 4.69) is 27.7 Å². The van der Waals surface area contributed by atoms with Gasteiger partial charge in [-0.2, -0.15) is 0 Å². The molecule has 31 heavy (non-hydrogen) atoms. The van der Waals surface area contributed by atoms with Gasteiger partial charge in [-0.05, 0) is 55.6 Å². The Morgan fingerprint density at radius 2 is 1.61 bits per heavy atom. The van der Waals surface area contributed by atoms with Crippen LogP contribution in [0.25, 0.3) is 0 Å². The van der Waals surface area contributed by atoms with Crippen molar-refractivity contribution in [3.63, 3.8) is 0 Å². The third-order valence-electron chi connectivity index (χ3n) is 5.41. The second kappa shape index (κ2) is 11.6. The molecule has 3 rings (SSSR count). The Balaban J connectivity index is 1.32. The van der Waals surface area contributed by atoms with E-state index in [1.54, 1.807) is 0 Å². The molecule has 0 aliphatic carbocycles. The molecular weight excluding hydrogens is 400 g/mol. The summed E-state index contributed by atoms with van der Waals surface area (Å²) in [5.74, 6) is -2.37. The minimum Gasteiger partial charge on any atom is -0.352 e. The third kappa shape index (κ3) is 7.43. The van der Waals surface area contributed by atoms with E-state index in [1.807, 2.05) is 12.1 Å². The first-order chi connectivity index (χ1) is 15.0. The van der Waals surface area contributed by atoms with Gasteiger partial charge in [0, 0.05) is 32.1 Å². The number of halogens is 2. The summed E-state index contributed by atoms with van der Waals surface area (Å²) >= 11 is 0. The van der Waals surface area contributed by atoms with Crippen LogP contribution in [0.3, 0.4) is 0 Å². The van der Waals surface area contributed by atoms with Crippen LogP contribution in [0.15, 0.2) is 42.5 Å². The Kier molecular flexibility index (Phi) is 8.53. The van der Waals surface area contributed by atoms with Crippen LogP contribution in [0, 0.1) is 11.6 Å². The molecule has 7 heteroatoms. The van der Waals surface area contributed by atoms with E-state index < -0.39 is 17.5 Å². The van der Waals surface area contributed by atoms with Crippen molar-refractivity contribution >= 4 is 11.8 Å². The Morgan fingerprint density at radius 3 is 2.32 bits per heavy atom. The van der Waals surface area contributed by atoms with E-state index in [-0.39, 0.29) is 24.4 Å². The zero-order valence-electron chi connectivity index (χ0n) is 17.6. The third-order valence-corrected chi connectivity index (χ3v) is 5.41. The fourth-order valence-electron chi connectivity index (χ4n) is 3.65. The fraction of sp³-hybridized carbons (Fsp3) is 0.417. The van der Waals surface area contributed by atoms with Crippen molar-refractivity contribution in [3.05, 3.63) is 70.8 Å². The van der Waals surface area contributed by atoms with Gasteiger partial charge in [-0.25, -0.2) is 8.78 Å². The number of likely N-dealkylation sites (tertiary alicyclic amines) is 1. The lowest BCUT2D eigenvalue weighted by molar-refractivity contribution is -0.121. The molecule has 0 unspecified atom stereocenters. The molecule has 0 aromatic heterocycles. The maximum absolute atomic E-state index is 13.6. The SMILES string of the molecule is O=C(CCCNC(=O)c1ccc(F)cc1F)NCc1ccc(CN2CCCCC2)cc1. The molecule has 2 aromatic carbocycles. The molecule has 0 atom stereocenters. The molecule has 2 N–H and O–H groups in total. The molecule has 1 aliphatic rings. The lowest BCUT2D eigenvalue weighted by Gasteiger charge is -2.26. The lowest BCUT2D eigenvalue weighted by Crippen LogP contribution is -2.29. The molecule has 2 aromatic rings. The minimum absolute atomic E-state index is 0.111. The molecule has 166 valence electrons. The van der Waals surface area contributed by atoms with Gasteiger partial charge in [0.2, 0.25) is 5.91 Å². The zero-order valence-corrected chi connectivity index (χ0v) is 17.6. The molecule has 0 radical (unpaired) electrons. The molecule has 0 spiro atoms. The Bertz CT molecular complexity index is 881. The highest BCUT2D eigenvalue weighted by molar-refractivity contribution is 5.94. The maximum Gasteiger partial charge on any atom is 0.254 e. The number of rotatable bonds is 9. The van der Waals surface area contributed by atoms with Crippen LogP contribution in [0.5, 0.6) is 0 Å². The van der Waals surface area contributed by atoms with Crippen molar-refractivity contribution in [3.8, 4) is 0 Å². The van der Waals surface area contributed by atoms with E-state index in [1.165, 1.54) is 24.8 Å². The predicted molar refractivity (Wildman–Crippen MR) is 115 cm³/mol. The Hall–Kier alpha value is -2.80. The Morgan fingerprint density at radius 1 is 0.903 bits per heavy atom. The molecule has 1 heterocycles. The first kappa shape index (κ1) is 22.9. The number of piperidine rings is 1. The largest absolute Gasteiger partial charge is 0.352 e. The molecule has 0 saturated carbocycles. The molecular formula is C24H29F2N3O2. The molecule has 1 aliphatic heterocycles. The van der Waals surface area contributed by atoms with E-state index in [0.717, 1.165) is 37.3 Å². The van der Waals surface area contributed by atoms with Crippen LogP contribution in [0.4, 0.5) is 8.78 Å². The number of benzene rings is 2. The summed E-state index contributed by atoms with van der Waals surface area (Å²) in [5.41, 5.74) is 2.11. The van der Waals surface area contributed by atoms with Crippen molar-refractivity contribution in [2.75, 3.05) is 19.6 Å². The van der Waals surface area contributed by atoms with Gasteiger partial charge >= 0.3 is 0 Å². The highest BCUT2D eigenvalue weighted by Crippen LogP contribution is 2.14. The van der Waals surface area contributed by atoms with Crippen LogP contribution in [-0.2, 0) is 17.9 Å². The summed E-state index contributed by atoms with van der Waals surface area (Å²) < 4.78 is 26.5. The minimum atomic E-state index is -0.905. The maximum atomic E-state index is 13.6. The van der Waals surface area contributed by atoms with Crippen LogP contribution in [0.1, 0.15) is 53.6 Å². The standard InChI is InChI=1S/C24H29F2N3O2/c25-20-10-11-21(22(26)15-20)24(31)27-12-4-5-23(30)28-16-18-6-8-19(9-7-18)17-29-13-2-1-3-14-29/h6-11,15H,1-5,12-14,16-17H2,(H,27,31)(H,28,30). The van der Waals surface area contributed by atoms with Crippen molar-refractivity contribution < 1.29 is 18.4 Å². The number of hydrogen-bond acceptors (Lipinski definition) is 3. The average molecular weight is 430 g/mol. The average Bonchev–Trinajstić information content (AvgIpc) is 2.77. The van der Waals surface area contributed by atoms with Crippen LogP contribution in [-0.4, -0.2) is 36.3 Å². The number of nitrogens with one attached hydrogen (secondary N) is 2. The van der Waals surface area contributed by atoms with Gasteiger partial charge < -0.3 is 10.6 Å². The molecule has 5 nitrogen and oxygen atoms in total. The molecule has 2 amide bonds. The van der Waals surface area contributed by atoms with Crippen LogP contribution >= 0.6 is 0 Å². The van der Waals surface area contributed by atoms with Gasteiger partial charge in [0.1, 0.15) is 11.6 Å². The van der Waals surface area contributed by atoms with Gasteiger partial charge in [-0.15, -0.1) is 0 Å². The zero-order chi connectivity index (χ0) is 22.1. The van der Waals surface area contributed by atoms with Crippen molar-refractivity contribution in [1.82, 2.24) is 15.5 Å². The normalized spacial score (nSPS) is 14.3. The highest BCUT2D eigenvalue weighted by atomic mass is 19.1. The van der Waals surface area contributed by atoms with Crippen LogP contribution in [0.2, 0.25) is 0 Å². The first-order valence-corrected chi connectivity index (χ1v) is 10.8. The molecule has 1 fully saturated rings. The van der Waals surface area contributed by atoms with Gasteiger partial charge in [-0.1, -0.05) is 30.7 Å². The number of carbonyl (C=O) groups is 2. The second-order valence-corrected chi connectivity index (χ2v) is 7.91. The topological polar surface area (TPSA) is 61.4 Å². The summed E-state index contributed by atoms with van der Waals surface area (Å²) in [7, 11) is 0. The van der Waals surface area contributed by atoms with Crippen molar-refractivity contribution in [1.29, 1.82) is 0 Å². The fourth-order valence-corrected chi connectivity index (χ4v) is 3.65. The second-order valence-electron chi connectivity index (χ2n) is 7.91. The van der Waals surface area contributed by atoms with Gasteiger partial charge in [0.15, 0.2) is 0 Å². The number of carbonyl (C=O) groups excluding carboxylic acids is 2. The predicted octanol–water partition coefficient (Wildman–Crippen LogP) is 3.78. The van der Waals surface area contributed by atoms with Crippen molar-refractivity contribution in [2.24, 2.45) is 0 Å². The summed E-state index contributed by atoms with van der Waals surface area (Å²) in [6, 6.07) is 11.1. The van der Waals surface area contributed by atoms with Crippen LogP contribution < -0.4 is 10.6 Å². The van der Waals surface area contributed by atoms with Crippen molar-refractivity contribution in [2.45, 2.75) is 45.2 Å². The molecule has 1 saturated heterocycles. The number of amides is 2. The van der Waals surface area contributed by atoms with Gasteiger partial charge in [0.05, 0.1) is 5.56 Å². The lowest BCUT2D eigenvalue weighted by atomic mass is 10.1. The smallest absolute Gasteiger partial charge is 0.254 e. The quantitative estimate of drug-likeness (QED) is 0.597. The van der Waals surface area contributed by atoms with E-state index in [0.29, 0.717) is 19.0 Å².